The van der Waals surface area contributed by atoms with Crippen LogP contribution in [0.3, 0.4) is 0 Å². The van der Waals surface area contributed by atoms with E-state index in [0.717, 1.165) is 22.0 Å². The van der Waals surface area contributed by atoms with Gasteiger partial charge in [-0.3, -0.25) is 10.4 Å². The van der Waals surface area contributed by atoms with Gasteiger partial charge in [-0.1, -0.05) is 23.7 Å². The van der Waals surface area contributed by atoms with Gasteiger partial charge in [-0.25, -0.2) is 4.21 Å². The van der Waals surface area contributed by atoms with E-state index in [-0.39, 0.29) is 0 Å². The van der Waals surface area contributed by atoms with Gasteiger partial charge in [0.05, 0.1) is 34.0 Å². The Hall–Kier alpha value is -2.44. The van der Waals surface area contributed by atoms with E-state index in [1.807, 2.05) is 6.07 Å². The Bertz CT molecular complexity index is 962. The maximum atomic E-state index is 11.7. The molecule has 0 fully saturated rings. The summed E-state index contributed by atoms with van der Waals surface area (Å²) >= 11 is 6.20. The van der Waals surface area contributed by atoms with Crippen LogP contribution in [0.25, 0.3) is 10.9 Å². The maximum Gasteiger partial charge on any atom is 0.139 e. The number of fused-ring (bicyclic) bond motifs is 1. The molecule has 1 N–H and O–H groups in total. The molecule has 0 bridgehead atoms. The highest BCUT2D eigenvalue weighted by atomic mass is 35.5. The van der Waals surface area contributed by atoms with Crippen molar-refractivity contribution >= 4 is 38.9 Å². The lowest BCUT2D eigenvalue weighted by molar-refractivity contribution is 0.309. The van der Waals surface area contributed by atoms with E-state index >= 15 is 0 Å². The molecule has 0 spiro atoms. The molecule has 7 heteroatoms. The van der Waals surface area contributed by atoms with Crippen LogP contribution in [0.1, 0.15) is 5.56 Å². The van der Waals surface area contributed by atoms with Crippen LogP contribution in [-0.4, -0.2) is 21.8 Å². The van der Waals surface area contributed by atoms with Crippen LogP contribution < -0.4 is 9.47 Å². The van der Waals surface area contributed by atoms with Crippen LogP contribution in [0.4, 0.5) is 0 Å². The molecule has 1 unspecified atom stereocenters. The highest BCUT2D eigenvalue weighted by Gasteiger charge is 2.09. The van der Waals surface area contributed by atoms with E-state index in [1.54, 1.807) is 49.7 Å². The Labute approximate surface area is 152 Å². The fraction of sp³-hybridized carbons (Fsp3) is 0.111. The normalized spacial score (nSPS) is 11.9. The molecule has 0 radical (unpaired) electrons. The minimum absolute atomic E-state index is 0.297. The van der Waals surface area contributed by atoms with Gasteiger partial charge in [0.1, 0.15) is 18.1 Å². The average Bonchev–Trinajstić information content (AvgIpc) is 2.65. The molecule has 0 amide bonds. The monoisotopic (exact) mass is 374 g/mol. The molecular formula is C18H15ClN2O3S. The van der Waals surface area contributed by atoms with E-state index < -0.39 is 10.8 Å². The third-order valence-corrected chi connectivity index (χ3v) is 4.84. The fourth-order valence-electron chi connectivity index (χ4n) is 2.39. The molecule has 2 aromatic carbocycles. The number of halogens is 1. The van der Waals surface area contributed by atoms with E-state index in [4.69, 9.17) is 26.5 Å². The summed E-state index contributed by atoms with van der Waals surface area (Å²) in [7, 11) is 0.121. The van der Waals surface area contributed by atoms with Crippen molar-refractivity contribution in [1.29, 1.82) is 5.41 Å². The smallest absolute Gasteiger partial charge is 0.139 e. The van der Waals surface area contributed by atoms with Crippen molar-refractivity contribution in [2.75, 3.05) is 7.11 Å². The van der Waals surface area contributed by atoms with Crippen molar-refractivity contribution < 1.29 is 13.7 Å². The number of hydrogen-bond acceptors (Lipinski definition) is 5. The number of methoxy groups -OCH3 is 1. The van der Waals surface area contributed by atoms with Crippen molar-refractivity contribution in [2.24, 2.45) is 0 Å². The van der Waals surface area contributed by atoms with Gasteiger partial charge in [-0.2, -0.15) is 0 Å². The van der Waals surface area contributed by atoms with Crippen LogP contribution >= 0.6 is 11.6 Å². The number of aromatic nitrogens is 1. The Morgan fingerprint density at radius 3 is 2.84 bits per heavy atom. The molecule has 0 saturated heterocycles. The van der Waals surface area contributed by atoms with E-state index in [9.17, 15) is 4.21 Å². The van der Waals surface area contributed by atoms with Crippen molar-refractivity contribution in [3.8, 4) is 11.5 Å². The summed E-state index contributed by atoms with van der Waals surface area (Å²) in [6.45, 7) is 0.297. The summed E-state index contributed by atoms with van der Waals surface area (Å²) in [4.78, 5) is 4.88. The zero-order valence-corrected chi connectivity index (χ0v) is 14.9. The Morgan fingerprint density at radius 2 is 2.08 bits per heavy atom. The second-order valence-electron chi connectivity index (χ2n) is 5.16. The molecule has 0 aliphatic carbocycles. The molecule has 0 aliphatic heterocycles. The van der Waals surface area contributed by atoms with Crippen molar-refractivity contribution in [2.45, 2.75) is 11.5 Å². The molecule has 0 aliphatic rings. The van der Waals surface area contributed by atoms with E-state index in [1.165, 1.54) is 0 Å². The van der Waals surface area contributed by atoms with Crippen molar-refractivity contribution in [3.63, 3.8) is 0 Å². The predicted octanol–water partition coefficient (Wildman–Crippen LogP) is 4.19. The first-order chi connectivity index (χ1) is 12.1. The predicted molar refractivity (Wildman–Crippen MR) is 99.3 cm³/mol. The van der Waals surface area contributed by atoms with Gasteiger partial charge < -0.3 is 9.47 Å². The topological polar surface area (TPSA) is 72.3 Å². The summed E-state index contributed by atoms with van der Waals surface area (Å²) < 4.78 is 22.8. The Morgan fingerprint density at radius 1 is 1.24 bits per heavy atom. The number of ether oxygens (including phenoxy) is 2. The lowest BCUT2D eigenvalue weighted by Crippen LogP contribution is -1.99. The lowest BCUT2D eigenvalue weighted by atomic mass is 10.2. The third kappa shape index (κ3) is 3.81. The van der Waals surface area contributed by atoms with Crippen LogP contribution in [0.2, 0.25) is 5.02 Å². The molecule has 1 heterocycles. The van der Waals surface area contributed by atoms with Gasteiger partial charge in [0.15, 0.2) is 0 Å². The number of hydrogen-bond donors (Lipinski definition) is 1. The van der Waals surface area contributed by atoms with Crippen LogP contribution in [0, 0.1) is 5.41 Å². The Balaban J connectivity index is 1.87. The maximum absolute atomic E-state index is 11.7. The molecule has 5 nitrogen and oxygen atoms in total. The van der Waals surface area contributed by atoms with E-state index in [2.05, 4.69) is 4.98 Å². The molecule has 0 saturated carbocycles. The summed E-state index contributed by atoms with van der Waals surface area (Å²) in [5.41, 5.74) is 2.49. The Kier molecular flexibility index (Phi) is 5.31. The first-order valence-electron chi connectivity index (χ1n) is 7.37. The summed E-state index contributed by atoms with van der Waals surface area (Å²) in [5.74, 6) is 1.20. The van der Waals surface area contributed by atoms with Gasteiger partial charge in [-0.05, 0) is 29.8 Å². The summed E-state index contributed by atoms with van der Waals surface area (Å²) in [6.07, 6.45) is 1.66. The molecule has 3 rings (SSSR count). The minimum atomic E-state index is -1.43. The van der Waals surface area contributed by atoms with Crippen molar-refractivity contribution in [1.82, 2.24) is 4.98 Å². The fourth-order valence-corrected chi connectivity index (χ4v) is 3.25. The summed E-state index contributed by atoms with van der Waals surface area (Å²) in [5, 5.41) is 8.38. The minimum Gasteiger partial charge on any atom is -0.495 e. The van der Waals surface area contributed by atoms with Crippen LogP contribution in [-0.2, 0) is 17.4 Å². The SMILES string of the molecule is COc1cc2nccc(OCc3cccc(S(=O)C=N)c3)c2cc1Cl. The standard InChI is InChI=1S/C18H15ClN2O3S/c1-23-18-9-16-14(8-15(18)19)17(5-6-21-16)24-10-12-3-2-4-13(7-12)25(22)11-20/h2-9,11,20H,10H2,1H3. The molecule has 1 atom stereocenters. The van der Waals surface area contributed by atoms with Crippen LogP contribution in [0.5, 0.6) is 11.5 Å². The number of pyridine rings is 1. The summed E-state index contributed by atoms with van der Waals surface area (Å²) in [6, 6.07) is 12.5. The quantitative estimate of drug-likeness (QED) is 0.518. The zero-order chi connectivity index (χ0) is 17.8. The lowest BCUT2D eigenvalue weighted by Gasteiger charge is -2.11. The number of benzene rings is 2. The second kappa shape index (κ2) is 7.63. The van der Waals surface area contributed by atoms with Gasteiger partial charge in [0.25, 0.3) is 0 Å². The number of nitrogens with zero attached hydrogens (tertiary/aromatic N) is 1. The van der Waals surface area contributed by atoms with Gasteiger partial charge in [0.2, 0.25) is 0 Å². The molecule has 1 aromatic heterocycles. The van der Waals surface area contributed by atoms with E-state index in [0.29, 0.717) is 28.0 Å². The van der Waals surface area contributed by atoms with Crippen molar-refractivity contribution in [3.05, 3.63) is 59.2 Å². The number of rotatable bonds is 6. The first kappa shape index (κ1) is 17.4. The second-order valence-corrected chi connectivity index (χ2v) is 6.87. The molecular weight excluding hydrogens is 360 g/mol. The highest BCUT2D eigenvalue weighted by Crippen LogP contribution is 2.33. The molecule has 25 heavy (non-hydrogen) atoms. The zero-order valence-electron chi connectivity index (χ0n) is 13.4. The first-order valence-corrected chi connectivity index (χ1v) is 8.96. The van der Waals surface area contributed by atoms with Gasteiger partial charge in [0, 0.05) is 22.5 Å². The molecule has 3 aromatic rings. The highest BCUT2D eigenvalue weighted by molar-refractivity contribution is 7.98. The largest absolute Gasteiger partial charge is 0.495 e. The average molecular weight is 375 g/mol. The molecule has 128 valence electrons. The number of nitrogens with one attached hydrogen (secondary N) is 1. The third-order valence-electron chi connectivity index (χ3n) is 3.61. The van der Waals surface area contributed by atoms with Gasteiger partial charge >= 0.3 is 0 Å². The van der Waals surface area contributed by atoms with Gasteiger partial charge in [-0.15, -0.1) is 0 Å². The van der Waals surface area contributed by atoms with Crippen LogP contribution in [0.15, 0.2) is 53.6 Å².